The lowest BCUT2D eigenvalue weighted by Gasteiger charge is -2.11. The molecule has 152 valence electrons. The molecule has 8 nitrogen and oxygen atoms in total. The number of ether oxygens (including phenoxy) is 3. The second kappa shape index (κ2) is 11.0. The Kier molecular flexibility index (Phi) is 8.36. The Morgan fingerprint density at radius 2 is 1.89 bits per heavy atom. The molecule has 1 aromatic carbocycles. The highest BCUT2D eigenvalue weighted by Crippen LogP contribution is 2.27. The number of nitrogens with two attached hydrogens (primary N) is 1. The van der Waals surface area contributed by atoms with Crippen molar-refractivity contribution in [3.63, 3.8) is 0 Å². The van der Waals surface area contributed by atoms with Crippen molar-refractivity contribution in [1.29, 1.82) is 0 Å². The number of hydrogen-bond donors (Lipinski definition) is 2. The van der Waals surface area contributed by atoms with E-state index in [2.05, 4.69) is 20.2 Å². The summed E-state index contributed by atoms with van der Waals surface area (Å²) in [5, 5.41) is 3.10. The number of methoxy groups -OCH3 is 2. The Hall–Kier alpha value is -3.00. The number of rotatable bonds is 10. The number of aromatic nitrogens is 1. The minimum absolute atomic E-state index is 0.363. The van der Waals surface area contributed by atoms with Gasteiger partial charge in [-0.05, 0) is 43.4 Å². The highest BCUT2D eigenvalue weighted by atomic mass is 16.5. The highest BCUT2D eigenvalue weighted by Gasteiger charge is 2.04. The lowest BCUT2D eigenvalue weighted by atomic mass is 10.2. The molecule has 0 saturated heterocycles. The number of benzene rings is 1. The molecule has 0 saturated carbocycles. The summed E-state index contributed by atoms with van der Waals surface area (Å²) in [5.74, 6) is 2.31. The molecule has 0 spiro atoms. The zero-order valence-corrected chi connectivity index (χ0v) is 16.9. The summed E-state index contributed by atoms with van der Waals surface area (Å²) in [6, 6.07) is 9.47. The van der Waals surface area contributed by atoms with Crippen molar-refractivity contribution in [1.82, 2.24) is 15.2 Å². The number of nitrogens with one attached hydrogen (secondary N) is 1. The predicted octanol–water partition coefficient (Wildman–Crippen LogP) is 1.64. The Bertz CT molecular complexity index is 780. The van der Waals surface area contributed by atoms with E-state index in [0.717, 1.165) is 17.7 Å². The molecule has 28 heavy (non-hydrogen) atoms. The van der Waals surface area contributed by atoms with Gasteiger partial charge in [-0.2, -0.15) is 0 Å². The van der Waals surface area contributed by atoms with E-state index in [9.17, 15) is 0 Å². The Morgan fingerprint density at radius 3 is 2.61 bits per heavy atom. The van der Waals surface area contributed by atoms with Gasteiger partial charge in [-0.15, -0.1) is 0 Å². The monoisotopic (exact) mass is 387 g/mol. The van der Waals surface area contributed by atoms with Crippen molar-refractivity contribution in [3.05, 3.63) is 47.7 Å². The fraction of sp³-hybridized carbons (Fsp3) is 0.400. The van der Waals surface area contributed by atoms with Crippen LogP contribution in [0.25, 0.3) is 0 Å². The lowest BCUT2D eigenvalue weighted by molar-refractivity contribution is 0.253. The standard InChI is InChI=1S/C20H29N5O3/c1-25(2)9-10-28-19-12-16(7-8-22-19)14-24-20(21)23-13-15-5-6-17(26-3)18(11-15)27-4/h5-8,11-12H,9-10,13-14H2,1-4H3,(H3,21,23,24). The van der Waals surface area contributed by atoms with E-state index in [1.165, 1.54) is 0 Å². The van der Waals surface area contributed by atoms with Gasteiger partial charge in [0.25, 0.3) is 0 Å². The molecule has 2 rings (SSSR count). The van der Waals surface area contributed by atoms with Crippen LogP contribution in [0.4, 0.5) is 0 Å². The van der Waals surface area contributed by atoms with Gasteiger partial charge in [0.2, 0.25) is 5.88 Å². The fourth-order valence-corrected chi connectivity index (χ4v) is 2.38. The third-order valence-corrected chi connectivity index (χ3v) is 3.94. The number of hydrogen-bond acceptors (Lipinski definition) is 6. The van der Waals surface area contributed by atoms with Gasteiger partial charge in [0.1, 0.15) is 6.61 Å². The van der Waals surface area contributed by atoms with Crippen LogP contribution in [0.1, 0.15) is 11.1 Å². The quantitative estimate of drug-likeness (QED) is 0.473. The van der Waals surface area contributed by atoms with Crippen LogP contribution < -0.4 is 25.3 Å². The van der Waals surface area contributed by atoms with E-state index in [1.807, 2.05) is 44.4 Å². The number of pyridine rings is 1. The average molecular weight is 387 g/mol. The molecule has 0 bridgehead atoms. The molecule has 0 aliphatic carbocycles. The molecule has 1 heterocycles. The van der Waals surface area contributed by atoms with Crippen molar-refractivity contribution >= 4 is 5.96 Å². The Labute approximate surface area is 166 Å². The minimum atomic E-state index is 0.363. The smallest absolute Gasteiger partial charge is 0.213 e. The largest absolute Gasteiger partial charge is 0.493 e. The van der Waals surface area contributed by atoms with Crippen LogP contribution in [-0.4, -0.2) is 57.3 Å². The van der Waals surface area contributed by atoms with Crippen molar-refractivity contribution < 1.29 is 14.2 Å². The van der Waals surface area contributed by atoms with Crippen LogP contribution in [0.5, 0.6) is 17.4 Å². The number of aliphatic imine (C=N–C) groups is 1. The topological polar surface area (TPSA) is 94.2 Å². The fourth-order valence-electron chi connectivity index (χ4n) is 2.38. The molecule has 0 unspecified atom stereocenters. The molecule has 0 radical (unpaired) electrons. The third-order valence-electron chi connectivity index (χ3n) is 3.94. The summed E-state index contributed by atoms with van der Waals surface area (Å²) in [7, 11) is 7.21. The second-order valence-corrected chi connectivity index (χ2v) is 6.40. The van der Waals surface area contributed by atoms with Crippen molar-refractivity contribution in [3.8, 4) is 17.4 Å². The summed E-state index contributed by atoms with van der Waals surface area (Å²) in [6.07, 6.45) is 1.72. The SMILES string of the molecule is COc1ccc(CN=C(N)NCc2ccnc(OCCN(C)C)c2)cc1OC. The first kappa shape index (κ1) is 21.3. The van der Waals surface area contributed by atoms with E-state index >= 15 is 0 Å². The first-order valence-electron chi connectivity index (χ1n) is 8.99. The van der Waals surface area contributed by atoms with Gasteiger partial charge >= 0.3 is 0 Å². The second-order valence-electron chi connectivity index (χ2n) is 6.40. The molecule has 0 amide bonds. The Balaban J connectivity index is 1.87. The molecule has 0 aliphatic heterocycles. The van der Waals surface area contributed by atoms with Crippen LogP contribution in [0.3, 0.4) is 0 Å². The summed E-state index contributed by atoms with van der Waals surface area (Å²) in [6.45, 7) is 2.40. The molecule has 2 aromatic rings. The van der Waals surface area contributed by atoms with Gasteiger partial charge in [-0.1, -0.05) is 6.07 Å². The van der Waals surface area contributed by atoms with E-state index in [4.69, 9.17) is 19.9 Å². The number of guanidine groups is 1. The van der Waals surface area contributed by atoms with Crippen molar-refractivity contribution in [2.45, 2.75) is 13.1 Å². The average Bonchev–Trinajstić information content (AvgIpc) is 2.70. The number of nitrogens with zero attached hydrogens (tertiary/aromatic N) is 3. The van der Waals surface area contributed by atoms with Crippen LogP contribution >= 0.6 is 0 Å². The van der Waals surface area contributed by atoms with Gasteiger partial charge in [0.15, 0.2) is 17.5 Å². The minimum Gasteiger partial charge on any atom is -0.493 e. The zero-order chi connectivity index (χ0) is 20.4. The molecule has 8 heteroatoms. The van der Waals surface area contributed by atoms with Crippen LogP contribution in [0.15, 0.2) is 41.5 Å². The number of likely N-dealkylation sites (N-methyl/N-ethyl adjacent to an activating group) is 1. The van der Waals surface area contributed by atoms with E-state index < -0.39 is 0 Å². The normalized spacial score (nSPS) is 11.4. The molecule has 0 atom stereocenters. The predicted molar refractivity (Wildman–Crippen MR) is 110 cm³/mol. The molecular weight excluding hydrogens is 358 g/mol. The van der Waals surface area contributed by atoms with Crippen molar-refractivity contribution in [2.24, 2.45) is 10.7 Å². The van der Waals surface area contributed by atoms with Gasteiger partial charge in [0.05, 0.1) is 20.8 Å². The van der Waals surface area contributed by atoms with Crippen molar-refractivity contribution in [2.75, 3.05) is 41.5 Å². The van der Waals surface area contributed by atoms with E-state index in [-0.39, 0.29) is 0 Å². The summed E-state index contributed by atoms with van der Waals surface area (Å²) < 4.78 is 16.2. The zero-order valence-electron chi connectivity index (χ0n) is 16.9. The maximum Gasteiger partial charge on any atom is 0.213 e. The first-order chi connectivity index (χ1) is 13.5. The molecule has 3 N–H and O–H groups in total. The maximum atomic E-state index is 5.98. The van der Waals surface area contributed by atoms with Gasteiger partial charge in [-0.25, -0.2) is 9.98 Å². The molecule has 1 aromatic heterocycles. The van der Waals surface area contributed by atoms with E-state index in [1.54, 1.807) is 20.4 Å². The summed E-state index contributed by atoms with van der Waals surface area (Å²) in [4.78, 5) is 10.6. The molecule has 0 aliphatic rings. The van der Waals surface area contributed by atoms with E-state index in [0.29, 0.717) is 43.0 Å². The van der Waals surface area contributed by atoms with Crippen LogP contribution in [-0.2, 0) is 13.1 Å². The highest BCUT2D eigenvalue weighted by molar-refractivity contribution is 5.77. The molecular formula is C20H29N5O3. The van der Waals surface area contributed by atoms with Crippen LogP contribution in [0, 0.1) is 0 Å². The van der Waals surface area contributed by atoms with Crippen LogP contribution in [0.2, 0.25) is 0 Å². The maximum absolute atomic E-state index is 5.98. The van der Waals surface area contributed by atoms with Gasteiger partial charge in [0, 0.05) is 25.4 Å². The third kappa shape index (κ3) is 6.96. The Morgan fingerprint density at radius 1 is 1.11 bits per heavy atom. The molecule has 0 fully saturated rings. The first-order valence-corrected chi connectivity index (χ1v) is 8.99. The lowest BCUT2D eigenvalue weighted by Crippen LogP contribution is -2.31. The van der Waals surface area contributed by atoms with Gasteiger partial charge in [-0.3, -0.25) is 0 Å². The van der Waals surface area contributed by atoms with Gasteiger partial charge < -0.3 is 30.2 Å². The summed E-state index contributed by atoms with van der Waals surface area (Å²) >= 11 is 0. The summed E-state index contributed by atoms with van der Waals surface area (Å²) in [5.41, 5.74) is 7.97.